The summed E-state index contributed by atoms with van der Waals surface area (Å²) in [4.78, 5) is 51.3. The van der Waals surface area contributed by atoms with Crippen LogP contribution in [0.1, 0.15) is 106 Å². The minimum absolute atomic E-state index is 0.0217. The van der Waals surface area contributed by atoms with Crippen LogP contribution in [0.25, 0.3) is 0 Å². The zero-order valence-corrected chi connectivity index (χ0v) is 34.4. The molecule has 0 amide bonds. The minimum Gasteiger partial charge on any atom is -0.481 e. The first-order valence-corrected chi connectivity index (χ1v) is 20.7. The second-order valence-electron chi connectivity index (χ2n) is 20.6. The van der Waals surface area contributed by atoms with Crippen LogP contribution in [0, 0.1) is 50.2 Å². The number of carboxylic acid groups (broad SMARTS) is 3. The Kier molecular flexibility index (Phi) is 10.7. The van der Waals surface area contributed by atoms with E-state index in [9.17, 15) is 60.0 Å². The molecule has 0 unspecified atom stereocenters. The lowest BCUT2D eigenvalue weighted by molar-refractivity contribution is -0.371. The van der Waals surface area contributed by atoms with Gasteiger partial charge in [-0.3, -0.25) is 9.59 Å². The molecule has 58 heavy (non-hydrogen) atoms. The van der Waals surface area contributed by atoms with Gasteiger partial charge in [-0.15, -0.1) is 0 Å². The minimum atomic E-state index is -2.05. The Morgan fingerprint density at radius 2 is 1.28 bits per heavy atom. The summed E-state index contributed by atoms with van der Waals surface area (Å²) in [6, 6.07) is 0. The average molecular weight is 823 g/mol. The quantitative estimate of drug-likeness (QED) is 0.171. The van der Waals surface area contributed by atoms with Crippen molar-refractivity contribution in [1.82, 2.24) is 0 Å². The number of hydrogen-bond donors (Lipinski definition) is 8. The van der Waals surface area contributed by atoms with Gasteiger partial charge in [0.25, 0.3) is 0 Å². The van der Waals surface area contributed by atoms with Gasteiger partial charge in [0, 0.05) is 5.92 Å². The van der Waals surface area contributed by atoms with Crippen molar-refractivity contribution < 1.29 is 79.0 Å². The summed E-state index contributed by atoms with van der Waals surface area (Å²) in [5, 5.41) is 83.0. The van der Waals surface area contributed by atoms with E-state index in [1.54, 1.807) is 0 Å². The normalized spacial score (nSPS) is 52.6. The highest BCUT2D eigenvalue weighted by Gasteiger charge is 2.71. The van der Waals surface area contributed by atoms with Crippen LogP contribution in [0.3, 0.4) is 0 Å². The predicted octanol–water partition coefficient (Wildman–Crippen LogP) is 2.25. The molecule has 7 rings (SSSR count). The van der Waals surface area contributed by atoms with Crippen molar-refractivity contribution in [3.8, 4) is 0 Å². The van der Waals surface area contributed by atoms with E-state index in [0.29, 0.717) is 25.7 Å². The molecule has 4 saturated carbocycles. The molecule has 6 fully saturated rings. The molecular formula is C42H62O16. The Morgan fingerprint density at radius 3 is 1.88 bits per heavy atom. The third kappa shape index (κ3) is 6.25. The number of rotatable bonds is 7. The zero-order valence-electron chi connectivity index (χ0n) is 34.4. The second-order valence-corrected chi connectivity index (χ2v) is 20.6. The highest BCUT2D eigenvalue weighted by molar-refractivity contribution is 5.95. The first kappa shape index (κ1) is 43.5. The number of carbonyl (C=O) groups is 4. The molecule has 0 spiro atoms. The molecule has 0 aromatic rings. The van der Waals surface area contributed by atoms with E-state index in [0.717, 1.165) is 37.7 Å². The SMILES string of the molecule is CC1(C)[C@H](O[C@H]2O[C@H](C(=O)O)[C@@H](O)[C@H](O)[C@H]2O[C@@H]2O[C@H](C(=O)O)[C@@H](O)[C@H](O)[C@H]2O)CC[C@]2(C)[C@H]3C(=O)C=C4[C@@H]5C[C@](C)(C(=O)O)CC[C@]5(C)CC[C@@]4(C)[C@]3(C)CC[C@@H]12. The van der Waals surface area contributed by atoms with Crippen LogP contribution in [-0.4, -0.2) is 132 Å². The van der Waals surface area contributed by atoms with E-state index < -0.39 is 107 Å². The number of ether oxygens (including phenoxy) is 4. The van der Waals surface area contributed by atoms with E-state index in [4.69, 9.17) is 18.9 Å². The number of carboxylic acids is 3. The Labute approximate surface area is 337 Å². The van der Waals surface area contributed by atoms with Gasteiger partial charge in [-0.25, -0.2) is 9.59 Å². The number of fused-ring (bicyclic) bond motifs is 7. The smallest absolute Gasteiger partial charge is 0.335 e. The number of aliphatic hydroxyl groups excluding tert-OH is 5. The van der Waals surface area contributed by atoms with Gasteiger partial charge in [0.1, 0.15) is 36.6 Å². The molecule has 2 saturated heterocycles. The lowest BCUT2D eigenvalue weighted by Gasteiger charge is -2.70. The Hall–Kier alpha value is -2.54. The predicted molar refractivity (Wildman–Crippen MR) is 199 cm³/mol. The Balaban J connectivity index is 1.17. The molecule has 2 heterocycles. The maximum atomic E-state index is 14.8. The largest absolute Gasteiger partial charge is 0.481 e. The molecule has 16 nitrogen and oxygen atoms in total. The van der Waals surface area contributed by atoms with E-state index in [1.807, 2.05) is 26.8 Å². The van der Waals surface area contributed by atoms with Gasteiger partial charge >= 0.3 is 17.9 Å². The first-order valence-electron chi connectivity index (χ1n) is 20.7. The number of aliphatic hydroxyl groups is 5. The van der Waals surface area contributed by atoms with Crippen molar-refractivity contribution in [3.05, 3.63) is 11.6 Å². The third-order valence-corrected chi connectivity index (χ3v) is 17.2. The molecule has 326 valence electrons. The third-order valence-electron chi connectivity index (χ3n) is 17.2. The van der Waals surface area contributed by atoms with Gasteiger partial charge in [0.15, 0.2) is 30.6 Å². The fourth-order valence-electron chi connectivity index (χ4n) is 13.4. The van der Waals surface area contributed by atoms with Crippen molar-refractivity contribution in [3.63, 3.8) is 0 Å². The fourth-order valence-corrected chi connectivity index (χ4v) is 13.4. The van der Waals surface area contributed by atoms with Crippen molar-refractivity contribution >= 4 is 23.7 Å². The van der Waals surface area contributed by atoms with Crippen LogP contribution in [0.5, 0.6) is 0 Å². The molecule has 0 aromatic carbocycles. The van der Waals surface area contributed by atoms with E-state index in [1.165, 1.54) is 0 Å². The highest BCUT2D eigenvalue weighted by Crippen LogP contribution is 2.75. The molecule has 0 aromatic heterocycles. The second kappa shape index (κ2) is 14.3. The lowest BCUT2D eigenvalue weighted by Crippen LogP contribution is -2.68. The Bertz CT molecular complexity index is 1730. The van der Waals surface area contributed by atoms with Crippen LogP contribution in [0.2, 0.25) is 0 Å². The summed E-state index contributed by atoms with van der Waals surface area (Å²) in [6.07, 6.45) is -12.2. The van der Waals surface area contributed by atoms with Gasteiger partial charge in [-0.2, -0.15) is 0 Å². The van der Waals surface area contributed by atoms with Crippen LogP contribution < -0.4 is 0 Å². The van der Waals surface area contributed by atoms with Crippen molar-refractivity contribution in [2.45, 2.75) is 174 Å². The van der Waals surface area contributed by atoms with Gasteiger partial charge in [-0.05, 0) is 110 Å². The molecular weight excluding hydrogens is 760 g/mol. The van der Waals surface area contributed by atoms with E-state index in [2.05, 4.69) is 27.7 Å². The molecule has 5 aliphatic carbocycles. The van der Waals surface area contributed by atoms with Crippen LogP contribution in [0.4, 0.5) is 0 Å². The van der Waals surface area contributed by atoms with E-state index in [-0.39, 0.29) is 34.4 Å². The molecule has 0 bridgehead atoms. The molecule has 19 atom stereocenters. The summed E-state index contributed by atoms with van der Waals surface area (Å²) in [7, 11) is 0. The van der Waals surface area contributed by atoms with Crippen molar-refractivity contribution in [2.75, 3.05) is 0 Å². The summed E-state index contributed by atoms with van der Waals surface area (Å²) in [5.74, 6) is -4.47. The Morgan fingerprint density at radius 1 is 0.690 bits per heavy atom. The number of aliphatic carboxylic acids is 3. The topological polar surface area (TPSA) is 267 Å². The maximum Gasteiger partial charge on any atom is 0.335 e. The van der Waals surface area contributed by atoms with Crippen molar-refractivity contribution in [2.24, 2.45) is 50.2 Å². The average Bonchev–Trinajstić information content (AvgIpc) is 3.13. The highest BCUT2D eigenvalue weighted by atomic mass is 16.8. The number of allylic oxidation sites excluding steroid dienone is 2. The van der Waals surface area contributed by atoms with Crippen LogP contribution in [0.15, 0.2) is 11.6 Å². The molecule has 8 N–H and O–H groups in total. The number of hydrogen-bond acceptors (Lipinski definition) is 13. The number of carbonyl (C=O) groups excluding carboxylic acids is 1. The monoisotopic (exact) mass is 822 g/mol. The number of ketones is 1. The van der Waals surface area contributed by atoms with Crippen LogP contribution >= 0.6 is 0 Å². The van der Waals surface area contributed by atoms with Crippen molar-refractivity contribution in [1.29, 1.82) is 0 Å². The summed E-state index contributed by atoms with van der Waals surface area (Å²) >= 11 is 0. The van der Waals surface area contributed by atoms with Gasteiger partial charge in [0.05, 0.1) is 11.5 Å². The van der Waals surface area contributed by atoms with Gasteiger partial charge < -0.3 is 59.8 Å². The van der Waals surface area contributed by atoms with Crippen LogP contribution in [-0.2, 0) is 38.1 Å². The van der Waals surface area contributed by atoms with E-state index >= 15 is 0 Å². The molecule has 0 radical (unpaired) electrons. The first-order chi connectivity index (χ1) is 26.8. The summed E-state index contributed by atoms with van der Waals surface area (Å²) in [6.45, 7) is 14.8. The molecule has 16 heteroatoms. The zero-order chi connectivity index (χ0) is 42.9. The molecule has 7 aliphatic rings. The summed E-state index contributed by atoms with van der Waals surface area (Å²) in [5.41, 5.74) is -1.81. The maximum absolute atomic E-state index is 14.8. The molecule has 2 aliphatic heterocycles. The van der Waals surface area contributed by atoms with Gasteiger partial charge in [-0.1, -0.05) is 47.1 Å². The summed E-state index contributed by atoms with van der Waals surface area (Å²) < 4.78 is 23.4. The standard InChI is InChI=1S/C42H62O16/c1-37(2)21-8-11-42(7)31(20(43)16-18-19-17-39(4,36(53)54)13-12-38(19,3)14-15-41(18,42)6)40(21,5)10-9-22(37)55-35-30(26(47)25(46)29(57-35)33(51)52)58-34-27(48)23(44)24(45)28(56-34)32(49)50/h16,19,21-31,34-35,44-48H,8-15,17H2,1-7H3,(H,49,50)(H,51,52)(H,53,54)/t19-,21-,22+,23-,24-,25-,26-,27+,28-,29-,30+,31+,34-,35-,38+,39+,40-,41+,42+/m0/s1. The fraction of sp³-hybridized carbons (Fsp3) is 0.857. The lowest BCUT2D eigenvalue weighted by atomic mass is 9.33. The van der Waals surface area contributed by atoms with Gasteiger partial charge in [0.2, 0.25) is 0 Å².